The highest BCUT2D eigenvalue weighted by atomic mass is 16.4. The molecule has 18 heavy (non-hydrogen) atoms. The predicted octanol–water partition coefficient (Wildman–Crippen LogP) is -2.13. The Bertz CT molecular complexity index is 289. The van der Waals surface area contributed by atoms with Gasteiger partial charge in [0.1, 0.15) is 12.1 Å². The zero-order chi connectivity index (χ0) is 14.7. The largest absolute Gasteiger partial charge is 0.480 e. The number of guanidine groups is 1. The first-order chi connectivity index (χ1) is 8.18. The second-order valence-electron chi connectivity index (χ2n) is 3.52. The Hall–Kier alpha value is -1.87. The lowest BCUT2D eigenvalue weighted by Crippen LogP contribution is -2.30. The molecule has 0 aliphatic rings. The molecule has 0 aromatic rings. The molecule has 10 N–H and O–H groups in total. The lowest BCUT2D eigenvalue weighted by atomic mass is 10.2. The Morgan fingerprint density at radius 2 is 1.61 bits per heavy atom. The van der Waals surface area contributed by atoms with Crippen LogP contribution in [0.2, 0.25) is 0 Å². The van der Waals surface area contributed by atoms with Gasteiger partial charge >= 0.3 is 11.9 Å². The summed E-state index contributed by atoms with van der Waals surface area (Å²) in [5, 5.41) is 16.2. The molecule has 9 heteroatoms. The summed E-state index contributed by atoms with van der Waals surface area (Å²) in [6.07, 6.45) is 0.956. The number of nitrogens with two attached hydrogens (primary N) is 4. The quantitative estimate of drug-likeness (QED) is 0.178. The summed E-state index contributed by atoms with van der Waals surface area (Å²) in [5.41, 5.74) is 20.2. The molecule has 0 saturated heterocycles. The number of rotatable bonds is 6. The number of carboxylic acid groups (broad SMARTS) is 2. The van der Waals surface area contributed by atoms with Gasteiger partial charge in [0, 0.05) is 6.54 Å². The summed E-state index contributed by atoms with van der Waals surface area (Å²) < 4.78 is 0. The second kappa shape index (κ2) is 10.3. The molecule has 1 unspecified atom stereocenters. The summed E-state index contributed by atoms with van der Waals surface area (Å²) in [4.78, 5) is 23.5. The van der Waals surface area contributed by atoms with Crippen molar-refractivity contribution in [3.63, 3.8) is 0 Å². The Balaban J connectivity index is 0. The van der Waals surface area contributed by atoms with Gasteiger partial charge in [0.25, 0.3) is 0 Å². The van der Waals surface area contributed by atoms with Gasteiger partial charge in [0.2, 0.25) is 0 Å². The average molecular weight is 263 g/mol. The van der Waals surface area contributed by atoms with Crippen LogP contribution in [0.4, 0.5) is 0 Å². The van der Waals surface area contributed by atoms with Crippen molar-refractivity contribution in [2.24, 2.45) is 27.9 Å². The Labute approximate surface area is 105 Å². The summed E-state index contributed by atoms with van der Waals surface area (Å²) in [6.45, 7) is 1.84. The number of carbonyl (C=O) groups is 2. The molecule has 106 valence electrons. The van der Waals surface area contributed by atoms with Crippen LogP contribution in [0.5, 0.6) is 0 Å². The number of hydrogen-bond acceptors (Lipinski definition) is 5. The molecule has 0 aromatic heterocycles. The first-order valence-corrected chi connectivity index (χ1v) is 5.20. The van der Waals surface area contributed by atoms with Gasteiger partial charge in [-0.25, -0.2) is 0 Å². The molecule has 0 bridgehead atoms. The van der Waals surface area contributed by atoms with Crippen molar-refractivity contribution in [1.82, 2.24) is 0 Å². The van der Waals surface area contributed by atoms with Crippen molar-refractivity contribution < 1.29 is 19.8 Å². The minimum absolute atomic E-state index is 0.0129. The molecule has 0 heterocycles. The summed E-state index contributed by atoms with van der Waals surface area (Å²) in [6, 6.07) is -1.55. The van der Waals surface area contributed by atoms with Crippen molar-refractivity contribution in [2.45, 2.75) is 31.8 Å². The first-order valence-electron chi connectivity index (χ1n) is 5.20. The molecular formula is C9H21N5O4. The van der Waals surface area contributed by atoms with E-state index in [-0.39, 0.29) is 5.96 Å². The Morgan fingerprint density at radius 1 is 1.17 bits per heavy atom. The van der Waals surface area contributed by atoms with Crippen molar-refractivity contribution in [1.29, 1.82) is 0 Å². The molecule has 0 saturated carbocycles. The highest BCUT2D eigenvalue weighted by Crippen LogP contribution is 1.94. The third-order valence-electron chi connectivity index (χ3n) is 1.67. The maximum absolute atomic E-state index is 10.2. The van der Waals surface area contributed by atoms with Crippen LogP contribution >= 0.6 is 0 Å². The molecule has 0 fully saturated rings. The minimum atomic E-state index is -1.00. The number of aliphatic imine (C=N–C) groups is 1. The predicted molar refractivity (Wildman–Crippen MR) is 66.8 cm³/mol. The third kappa shape index (κ3) is 14.1. The molecule has 0 amide bonds. The normalized spacial score (nSPS) is 12.6. The highest BCUT2D eigenvalue weighted by molar-refractivity contribution is 5.75. The van der Waals surface area contributed by atoms with Gasteiger partial charge in [0.05, 0.1) is 0 Å². The van der Waals surface area contributed by atoms with Gasteiger partial charge in [-0.15, -0.1) is 0 Å². The molecule has 0 aliphatic heterocycles. The van der Waals surface area contributed by atoms with Crippen LogP contribution in [-0.2, 0) is 9.59 Å². The van der Waals surface area contributed by atoms with E-state index < -0.39 is 24.0 Å². The van der Waals surface area contributed by atoms with Crippen molar-refractivity contribution >= 4 is 17.9 Å². The summed E-state index contributed by atoms with van der Waals surface area (Å²) in [5.74, 6) is -1.95. The lowest BCUT2D eigenvalue weighted by molar-refractivity contribution is -0.139. The fourth-order valence-electron chi connectivity index (χ4n) is 0.643. The molecule has 0 rings (SSSR count). The molecule has 0 aliphatic carbocycles. The molecule has 2 atom stereocenters. The van der Waals surface area contributed by atoms with Gasteiger partial charge in [-0.3, -0.25) is 14.6 Å². The van der Waals surface area contributed by atoms with E-state index in [4.69, 9.17) is 33.1 Å². The van der Waals surface area contributed by atoms with Crippen LogP contribution in [0.3, 0.4) is 0 Å². The maximum Gasteiger partial charge on any atom is 0.320 e. The zero-order valence-electron chi connectivity index (χ0n) is 10.2. The minimum Gasteiger partial charge on any atom is -0.480 e. The van der Waals surface area contributed by atoms with E-state index >= 15 is 0 Å². The molecule has 0 radical (unpaired) electrons. The van der Waals surface area contributed by atoms with E-state index in [1.54, 1.807) is 0 Å². The van der Waals surface area contributed by atoms with E-state index in [9.17, 15) is 9.59 Å². The van der Waals surface area contributed by atoms with Crippen LogP contribution in [0.15, 0.2) is 4.99 Å². The summed E-state index contributed by atoms with van der Waals surface area (Å²) >= 11 is 0. The maximum atomic E-state index is 10.2. The third-order valence-corrected chi connectivity index (χ3v) is 1.67. The summed E-state index contributed by atoms with van der Waals surface area (Å²) in [7, 11) is 0. The van der Waals surface area contributed by atoms with Crippen LogP contribution in [0.1, 0.15) is 19.8 Å². The fraction of sp³-hybridized carbons (Fsp3) is 0.667. The van der Waals surface area contributed by atoms with Gasteiger partial charge in [-0.1, -0.05) is 0 Å². The van der Waals surface area contributed by atoms with Crippen LogP contribution in [-0.4, -0.2) is 46.7 Å². The van der Waals surface area contributed by atoms with E-state index in [2.05, 4.69) is 4.99 Å². The van der Waals surface area contributed by atoms with Crippen molar-refractivity contribution in [2.75, 3.05) is 6.54 Å². The van der Waals surface area contributed by atoms with E-state index in [0.717, 1.165) is 0 Å². The van der Waals surface area contributed by atoms with E-state index in [1.165, 1.54) is 6.92 Å². The SMILES string of the molecule is CC(N)C(=O)O.NC(N)=NCCC[C@H](N)C(=O)O. The zero-order valence-corrected chi connectivity index (χ0v) is 10.2. The molecule has 0 spiro atoms. The van der Waals surface area contributed by atoms with Crippen molar-refractivity contribution in [3.05, 3.63) is 0 Å². The van der Waals surface area contributed by atoms with Crippen LogP contribution < -0.4 is 22.9 Å². The Morgan fingerprint density at radius 3 is 1.89 bits per heavy atom. The molecule has 9 nitrogen and oxygen atoms in total. The second-order valence-corrected chi connectivity index (χ2v) is 3.52. The van der Waals surface area contributed by atoms with Gasteiger partial charge in [-0.2, -0.15) is 0 Å². The first kappa shape index (κ1) is 18.5. The number of nitrogens with zero attached hydrogens (tertiary/aromatic N) is 1. The number of hydrogen-bond donors (Lipinski definition) is 6. The standard InChI is InChI=1S/C6H14N4O2.C3H7NO2/c7-4(5(11)12)2-1-3-10-6(8)9;1-2(4)3(5)6/h4H,1-3,7H2,(H,11,12)(H4,8,9,10);2H,4H2,1H3,(H,5,6)/t4-;/m0./s1. The molecular weight excluding hydrogens is 242 g/mol. The smallest absolute Gasteiger partial charge is 0.320 e. The van der Waals surface area contributed by atoms with Crippen LogP contribution in [0, 0.1) is 0 Å². The number of carboxylic acids is 2. The highest BCUT2D eigenvalue weighted by Gasteiger charge is 2.09. The molecule has 0 aromatic carbocycles. The Kier molecular flexibility index (Phi) is 10.6. The van der Waals surface area contributed by atoms with Gasteiger partial charge in [0.15, 0.2) is 5.96 Å². The fourth-order valence-corrected chi connectivity index (χ4v) is 0.643. The van der Waals surface area contributed by atoms with Crippen molar-refractivity contribution in [3.8, 4) is 0 Å². The number of aliphatic carboxylic acids is 2. The van der Waals surface area contributed by atoms with Gasteiger partial charge < -0.3 is 33.1 Å². The lowest BCUT2D eigenvalue weighted by Gasteiger charge is -2.03. The monoisotopic (exact) mass is 263 g/mol. The average Bonchev–Trinajstić information content (AvgIpc) is 2.24. The van der Waals surface area contributed by atoms with E-state index in [1.807, 2.05) is 0 Å². The van der Waals surface area contributed by atoms with Crippen LogP contribution in [0.25, 0.3) is 0 Å². The van der Waals surface area contributed by atoms with Gasteiger partial charge in [-0.05, 0) is 19.8 Å². The topological polar surface area (TPSA) is 191 Å². The van der Waals surface area contributed by atoms with E-state index in [0.29, 0.717) is 19.4 Å².